The van der Waals surface area contributed by atoms with Crippen LogP contribution in [0.25, 0.3) is 16.9 Å². The molecule has 0 radical (unpaired) electrons. The molecule has 23 heavy (non-hydrogen) atoms. The summed E-state index contributed by atoms with van der Waals surface area (Å²) in [6, 6.07) is 13.5. The Labute approximate surface area is 133 Å². The number of aliphatic hydroxyl groups excluding tert-OH is 1. The van der Waals surface area contributed by atoms with E-state index in [4.69, 9.17) is 4.74 Å². The maximum absolute atomic E-state index is 13.5. The molecule has 2 aromatic carbocycles. The fraction of sp³-hybridized carbons (Fsp3) is 0.176. The number of rotatable bonds is 5. The summed E-state index contributed by atoms with van der Waals surface area (Å²) >= 11 is 0. The predicted molar refractivity (Wildman–Crippen MR) is 83.8 cm³/mol. The molecule has 0 aliphatic heterocycles. The van der Waals surface area contributed by atoms with E-state index in [1.165, 1.54) is 12.1 Å². The van der Waals surface area contributed by atoms with Crippen LogP contribution < -0.4 is 4.74 Å². The molecule has 0 aliphatic rings. The molecule has 0 fully saturated rings. The van der Waals surface area contributed by atoms with Gasteiger partial charge in [0.2, 0.25) is 0 Å². The lowest BCUT2D eigenvalue weighted by atomic mass is 10.1. The van der Waals surface area contributed by atoms with Crippen LogP contribution in [0.4, 0.5) is 4.39 Å². The molecule has 5 nitrogen and oxygen atoms in total. The van der Waals surface area contributed by atoms with E-state index in [1.54, 1.807) is 16.8 Å². The number of ether oxygens (including phenoxy) is 1. The van der Waals surface area contributed by atoms with Crippen molar-refractivity contribution in [2.75, 3.05) is 6.61 Å². The molecule has 3 aromatic rings. The highest BCUT2D eigenvalue weighted by Crippen LogP contribution is 2.26. The zero-order chi connectivity index (χ0) is 16.2. The van der Waals surface area contributed by atoms with Crippen molar-refractivity contribution in [2.45, 2.75) is 13.5 Å². The summed E-state index contributed by atoms with van der Waals surface area (Å²) in [7, 11) is 0. The molecule has 0 saturated carbocycles. The van der Waals surface area contributed by atoms with Crippen molar-refractivity contribution >= 4 is 0 Å². The monoisotopic (exact) mass is 313 g/mol. The Balaban J connectivity index is 2.08. The summed E-state index contributed by atoms with van der Waals surface area (Å²) in [5.74, 6) is 0.400. The Morgan fingerprint density at radius 2 is 1.96 bits per heavy atom. The van der Waals surface area contributed by atoms with Gasteiger partial charge in [-0.25, -0.2) is 9.07 Å². The topological polar surface area (TPSA) is 60.2 Å². The first-order chi connectivity index (χ1) is 11.2. The maximum atomic E-state index is 13.5. The van der Waals surface area contributed by atoms with Crippen molar-refractivity contribution in [2.24, 2.45) is 0 Å². The number of hydrogen-bond donors (Lipinski definition) is 1. The number of aromatic nitrogens is 3. The number of halogens is 1. The van der Waals surface area contributed by atoms with E-state index >= 15 is 0 Å². The molecule has 0 amide bonds. The quantitative estimate of drug-likeness (QED) is 0.787. The van der Waals surface area contributed by atoms with Gasteiger partial charge in [0.15, 0.2) is 0 Å². The fourth-order valence-electron chi connectivity index (χ4n) is 2.38. The minimum Gasteiger partial charge on any atom is -0.494 e. The third kappa shape index (κ3) is 3.07. The molecule has 0 aliphatic carbocycles. The van der Waals surface area contributed by atoms with Gasteiger partial charge in [-0.2, -0.15) is 0 Å². The van der Waals surface area contributed by atoms with Crippen LogP contribution in [0.3, 0.4) is 0 Å². The zero-order valence-corrected chi connectivity index (χ0v) is 12.6. The third-order valence-corrected chi connectivity index (χ3v) is 3.38. The van der Waals surface area contributed by atoms with Crippen molar-refractivity contribution in [3.05, 3.63) is 60.0 Å². The van der Waals surface area contributed by atoms with Crippen LogP contribution in [-0.2, 0) is 6.61 Å². The fourth-order valence-corrected chi connectivity index (χ4v) is 2.38. The second-order valence-electron chi connectivity index (χ2n) is 4.89. The summed E-state index contributed by atoms with van der Waals surface area (Å²) < 4.78 is 20.5. The summed E-state index contributed by atoms with van der Waals surface area (Å²) in [4.78, 5) is 0. The van der Waals surface area contributed by atoms with Crippen LogP contribution in [0, 0.1) is 5.82 Å². The number of hydrogen-bond acceptors (Lipinski definition) is 4. The van der Waals surface area contributed by atoms with Crippen molar-refractivity contribution in [3.8, 4) is 22.7 Å². The highest BCUT2D eigenvalue weighted by atomic mass is 19.1. The van der Waals surface area contributed by atoms with E-state index < -0.39 is 0 Å². The highest BCUT2D eigenvalue weighted by molar-refractivity contribution is 5.64. The van der Waals surface area contributed by atoms with Gasteiger partial charge < -0.3 is 9.84 Å². The summed E-state index contributed by atoms with van der Waals surface area (Å²) in [6.07, 6.45) is 0. The van der Waals surface area contributed by atoms with Crippen molar-refractivity contribution in [3.63, 3.8) is 0 Å². The van der Waals surface area contributed by atoms with Gasteiger partial charge in [-0.15, -0.1) is 5.10 Å². The Morgan fingerprint density at radius 3 is 2.61 bits per heavy atom. The third-order valence-electron chi connectivity index (χ3n) is 3.38. The molecule has 0 atom stereocenters. The van der Waals surface area contributed by atoms with Gasteiger partial charge in [0.05, 0.1) is 18.9 Å². The summed E-state index contributed by atoms with van der Waals surface area (Å²) in [6.45, 7) is 2.23. The first kappa shape index (κ1) is 15.2. The number of aliphatic hydroxyl groups is 1. The second-order valence-corrected chi connectivity index (χ2v) is 4.89. The molecule has 0 saturated heterocycles. The van der Waals surface area contributed by atoms with Gasteiger partial charge in [-0.05, 0) is 43.3 Å². The van der Waals surface area contributed by atoms with Gasteiger partial charge in [0.25, 0.3) is 0 Å². The number of benzene rings is 2. The van der Waals surface area contributed by atoms with Gasteiger partial charge in [0.1, 0.15) is 23.0 Å². The first-order valence-electron chi connectivity index (χ1n) is 7.27. The molecule has 3 rings (SSSR count). The van der Waals surface area contributed by atoms with E-state index in [9.17, 15) is 9.50 Å². The molecule has 0 unspecified atom stereocenters. The zero-order valence-electron chi connectivity index (χ0n) is 12.6. The molecule has 6 heteroatoms. The van der Waals surface area contributed by atoms with Gasteiger partial charge in [0, 0.05) is 5.56 Å². The van der Waals surface area contributed by atoms with E-state index in [1.807, 2.05) is 31.2 Å². The molecule has 0 spiro atoms. The molecule has 1 N–H and O–H groups in total. The lowest BCUT2D eigenvalue weighted by Gasteiger charge is -2.09. The molecular formula is C17H16FN3O2. The predicted octanol–water partition coefficient (Wildman–Crippen LogP) is 2.96. The van der Waals surface area contributed by atoms with Crippen molar-refractivity contribution in [1.82, 2.24) is 15.0 Å². The van der Waals surface area contributed by atoms with Crippen LogP contribution in [0.5, 0.6) is 5.75 Å². The van der Waals surface area contributed by atoms with Crippen molar-refractivity contribution < 1.29 is 14.2 Å². The molecule has 1 heterocycles. The van der Waals surface area contributed by atoms with Crippen LogP contribution in [-0.4, -0.2) is 26.7 Å². The smallest absolute Gasteiger partial charge is 0.123 e. The molecular weight excluding hydrogens is 297 g/mol. The van der Waals surface area contributed by atoms with Crippen LogP contribution in [0.1, 0.15) is 12.6 Å². The SMILES string of the molecule is CCOc1ccc(-n2nnc(CO)c2-c2cccc(F)c2)cc1. The Morgan fingerprint density at radius 1 is 1.17 bits per heavy atom. The van der Waals surface area contributed by atoms with E-state index in [0.717, 1.165) is 11.4 Å². The normalized spacial score (nSPS) is 10.7. The molecule has 0 bridgehead atoms. The van der Waals surface area contributed by atoms with Gasteiger partial charge in [-0.1, -0.05) is 17.3 Å². The Kier molecular flexibility index (Phi) is 4.34. The van der Waals surface area contributed by atoms with Gasteiger partial charge in [-0.3, -0.25) is 0 Å². The summed E-state index contributed by atoms with van der Waals surface area (Å²) in [5, 5.41) is 17.6. The average Bonchev–Trinajstić information content (AvgIpc) is 3.00. The van der Waals surface area contributed by atoms with E-state index in [0.29, 0.717) is 23.6 Å². The lowest BCUT2D eigenvalue weighted by Crippen LogP contribution is -2.01. The minimum atomic E-state index is -0.356. The van der Waals surface area contributed by atoms with E-state index in [-0.39, 0.29) is 12.4 Å². The Hall–Kier alpha value is -2.73. The second kappa shape index (κ2) is 6.58. The highest BCUT2D eigenvalue weighted by Gasteiger charge is 2.16. The largest absolute Gasteiger partial charge is 0.494 e. The molecule has 1 aromatic heterocycles. The standard InChI is InChI=1S/C17H16FN3O2/c1-2-23-15-8-6-14(7-9-15)21-17(16(11-22)19-20-21)12-4-3-5-13(18)10-12/h3-10,22H,2,11H2,1H3. The Bertz CT molecular complexity index is 800. The van der Waals surface area contributed by atoms with Crippen LogP contribution in [0.15, 0.2) is 48.5 Å². The average molecular weight is 313 g/mol. The van der Waals surface area contributed by atoms with E-state index in [2.05, 4.69) is 10.3 Å². The van der Waals surface area contributed by atoms with Crippen molar-refractivity contribution in [1.29, 1.82) is 0 Å². The molecule has 118 valence electrons. The lowest BCUT2D eigenvalue weighted by molar-refractivity contribution is 0.277. The van der Waals surface area contributed by atoms with Gasteiger partial charge >= 0.3 is 0 Å². The maximum Gasteiger partial charge on any atom is 0.123 e. The first-order valence-corrected chi connectivity index (χ1v) is 7.27. The minimum absolute atomic E-state index is 0.275. The van der Waals surface area contributed by atoms with Crippen LogP contribution in [0.2, 0.25) is 0 Å². The summed E-state index contributed by atoms with van der Waals surface area (Å²) in [5.41, 5.74) is 2.31. The number of nitrogens with zero attached hydrogens (tertiary/aromatic N) is 3. The van der Waals surface area contributed by atoms with Crippen LogP contribution >= 0.6 is 0 Å².